The van der Waals surface area contributed by atoms with Crippen LogP contribution in [-0.4, -0.2) is 26.2 Å². The molecule has 2 unspecified atom stereocenters. The minimum Gasteiger partial charge on any atom is -0.469 e. The molecule has 2 atom stereocenters. The Morgan fingerprint density at radius 1 is 1.31 bits per heavy atom. The van der Waals surface area contributed by atoms with Crippen LogP contribution in [-0.2, 0) is 19.1 Å². The fourth-order valence-electron chi connectivity index (χ4n) is 1.73. The van der Waals surface area contributed by atoms with Gasteiger partial charge in [-0.2, -0.15) is 0 Å². The summed E-state index contributed by atoms with van der Waals surface area (Å²) in [5.41, 5.74) is 0. The van der Waals surface area contributed by atoms with Gasteiger partial charge in [-0.15, -0.1) is 0 Å². The Hall–Kier alpha value is -1.58. The summed E-state index contributed by atoms with van der Waals surface area (Å²) in [4.78, 5) is 22.4. The predicted molar refractivity (Wildman–Crippen MR) is 58.5 cm³/mol. The third-order valence-electron chi connectivity index (χ3n) is 2.63. The summed E-state index contributed by atoms with van der Waals surface area (Å²) < 4.78 is 9.22. The zero-order valence-electron chi connectivity index (χ0n) is 9.51. The lowest BCUT2D eigenvalue weighted by Gasteiger charge is -2.22. The summed E-state index contributed by atoms with van der Waals surface area (Å²) in [5, 5.41) is 0. The van der Waals surface area contributed by atoms with Gasteiger partial charge < -0.3 is 9.47 Å². The molecule has 88 valence electrons. The number of carbonyl (C=O) groups is 2. The average molecular weight is 224 g/mol. The van der Waals surface area contributed by atoms with Gasteiger partial charge in [-0.3, -0.25) is 4.79 Å². The van der Waals surface area contributed by atoms with Crippen LogP contribution in [0.1, 0.15) is 12.8 Å². The third kappa shape index (κ3) is 3.22. The van der Waals surface area contributed by atoms with E-state index in [0.717, 1.165) is 12.8 Å². The van der Waals surface area contributed by atoms with Crippen molar-refractivity contribution in [2.75, 3.05) is 14.2 Å². The van der Waals surface area contributed by atoms with Crippen molar-refractivity contribution in [2.24, 2.45) is 11.8 Å². The molecule has 0 aromatic carbocycles. The fourth-order valence-corrected chi connectivity index (χ4v) is 1.73. The van der Waals surface area contributed by atoms with Crippen molar-refractivity contribution in [1.82, 2.24) is 0 Å². The number of esters is 2. The smallest absolute Gasteiger partial charge is 0.330 e. The highest BCUT2D eigenvalue weighted by Gasteiger charge is 2.26. The van der Waals surface area contributed by atoms with Crippen LogP contribution in [0.4, 0.5) is 0 Å². The second-order valence-corrected chi connectivity index (χ2v) is 3.60. The van der Waals surface area contributed by atoms with E-state index in [2.05, 4.69) is 4.74 Å². The van der Waals surface area contributed by atoms with Gasteiger partial charge in [0.25, 0.3) is 0 Å². The molecule has 0 bridgehead atoms. The van der Waals surface area contributed by atoms with Crippen LogP contribution < -0.4 is 0 Å². The van der Waals surface area contributed by atoms with Crippen molar-refractivity contribution >= 4 is 11.9 Å². The molecule has 1 aliphatic rings. The molecule has 0 aromatic rings. The Kier molecular flexibility index (Phi) is 4.76. The van der Waals surface area contributed by atoms with Gasteiger partial charge in [0.05, 0.1) is 20.1 Å². The molecule has 0 saturated carbocycles. The summed E-state index contributed by atoms with van der Waals surface area (Å²) in [6.07, 6.45) is 8.62. The highest BCUT2D eigenvalue weighted by Crippen LogP contribution is 2.26. The Labute approximate surface area is 94.9 Å². The van der Waals surface area contributed by atoms with Gasteiger partial charge in [-0.25, -0.2) is 4.79 Å². The van der Waals surface area contributed by atoms with Crippen LogP contribution in [0.25, 0.3) is 0 Å². The fraction of sp³-hybridized carbons (Fsp3) is 0.500. The number of methoxy groups -OCH3 is 2. The van der Waals surface area contributed by atoms with Gasteiger partial charge in [-0.05, 0) is 18.8 Å². The van der Waals surface area contributed by atoms with Crippen LogP contribution in [0.15, 0.2) is 24.3 Å². The van der Waals surface area contributed by atoms with Gasteiger partial charge in [0.15, 0.2) is 0 Å². The normalized spacial score (nSPS) is 24.4. The third-order valence-corrected chi connectivity index (χ3v) is 2.63. The first-order valence-electron chi connectivity index (χ1n) is 5.19. The molecule has 0 heterocycles. The number of hydrogen-bond acceptors (Lipinski definition) is 4. The lowest BCUT2D eigenvalue weighted by molar-refractivity contribution is -0.145. The van der Waals surface area contributed by atoms with Crippen molar-refractivity contribution in [2.45, 2.75) is 12.8 Å². The second-order valence-electron chi connectivity index (χ2n) is 3.60. The number of ether oxygens (including phenoxy) is 2. The summed E-state index contributed by atoms with van der Waals surface area (Å²) >= 11 is 0. The Bertz CT molecular complexity index is 317. The van der Waals surface area contributed by atoms with Crippen LogP contribution in [0.3, 0.4) is 0 Å². The summed E-state index contributed by atoms with van der Waals surface area (Å²) in [6, 6.07) is 0. The summed E-state index contributed by atoms with van der Waals surface area (Å²) in [7, 11) is 2.69. The standard InChI is InChI=1S/C12H16O4/c1-15-11(13)8-7-9-5-3-4-6-10(9)12(14)16-2/h4,6-10H,3,5H2,1-2H3/b8-7-. The maximum Gasteiger partial charge on any atom is 0.330 e. The molecule has 0 N–H and O–H groups in total. The molecule has 0 aromatic heterocycles. The van der Waals surface area contributed by atoms with Gasteiger partial charge >= 0.3 is 11.9 Å². The molecule has 16 heavy (non-hydrogen) atoms. The van der Waals surface area contributed by atoms with Crippen molar-refractivity contribution < 1.29 is 19.1 Å². The van der Waals surface area contributed by atoms with Gasteiger partial charge in [0.2, 0.25) is 0 Å². The molecular weight excluding hydrogens is 208 g/mol. The van der Waals surface area contributed by atoms with E-state index in [1.54, 1.807) is 6.08 Å². The van der Waals surface area contributed by atoms with Crippen molar-refractivity contribution in [3.05, 3.63) is 24.3 Å². The van der Waals surface area contributed by atoms with Crippen LogP contribution in [0, 0.1) is 11.8 Å². The molecule has 1 rings (SSSR count). The largest absolute Gasteiger partial charge is 0.469 e. The maximum atomic E-state index is 11.5. The van der Waals surface area contributed by atoms with E-state index >= 15 is 0 Å². The molecule has 0 amide bonds. The number of allylic oxidation sites excluding steroid dienone is 2. The van der Waals surface area contributed by atoms with Gasteiger partial charge in [-0.1, -0.05) is 18.2 Å². The summed E-state index contributed by atoms with van der Waals surface area (Å²) in [5.74, 6) is -0.954. The minimum atomic E-state index is -0.404. The van der Waals surface area contributed by atoms with E-state index in [1.807, 2.05) is 12.2 Å². The Morgan fingerprint density at radius 3 is 2.69 bits per heavy atom. The van der Waals surface area contributed by atoms with Crippen LogP contribution in [0.2, 0.25) is 0 Å². The van der Waals surface area contributed by atoms with Crippen molar-refractivity contribution in [3.63, 3.8) is 0 Å². The van der Waals surface area contributed by atoms with Crippen molar-refractivity contribution in [3.8, 4) is 0 Å². The first-order chi connectivity index (χ1) is 7.69. The minimum absolute atomic E-state index is 0.0107. The average Bonchev–Trinajstić information content (AvgIpc) is 2.35. The quantitative estimate of drug-likeness (QED) is 0.414. The lowest BCUT2D eigenvalue weighted by atomic mass is 9.83. The van der Waals surface area contributed by atoms with E-state index in [-0.39, 0.29) is 17.8 Å². The van der Waals surface area contributed by atoms with Gasteiger partial charge in [0, 0.05) is 6.08 Å². The molecule has 0 saturated heterocycles. The molecule has 4 nitrogen and oxygen atoms in total. The van der Waals surface area contributed by atoms with E-state index in [1.165, 1.54) is 20.3 Å². The van der Waals surface area contributed by atoms with Gasteiger partial charge in [0.1, 0.15) is 0 Å². The lowest BCUT2D eigenvalue weighted by Crippen LogP contribution is -2.24. The van der Waals surface area contributed by atoms with Crippen LogP contribution in [0.5, 0.6) is 0 Å². The second kappa shape index (κ2) is 6.10. The highest BCUT2D eigenvalue weighted by molar-refractivity contribution is 5.82. The topological polar surface area (TPSA) is 52.6 Å². The van der Waals surface area contributed by atoms with E-state index < -0.39 is 5.97 Å². The molecule has 0 fully saturated rings. The number of rotatable bonds is 3. The van der Waals surface area contributed by atoms with E-state index in [9.17, 15) is 9.59 Å². The SMILES string of the molecule is COC(=O)/C=C\C1CCC=CC1C(=O)OC. The number of carbonyl (C=O) groups excluding carboxylic acids is 2. The highest BCUT2D eigenvalue weighted by atomic mass is 16.5. The molecular formula is C12H16O4. The summed E-state index contributed by atoms with van der Waals surface area (Å²) in [6.45, 7) is 0. The Morgan fingerprint density at radius 2 is 2.06 bits per heavy atom. The van der Waals surface area contributed by atoms with E-state index in [4.69, 9.17) is 4.74 Å². The predicted octanol–water partition coefficient (Wildman–Crippen LogP) is 1.47. The van der Waals surface area contributed by atoms with E-state index in [0.29, 0.717) is 0 Å². The molecule has 1 aliphatic carbocycles. The monoisotopic (exact) mass is 224 g/mol. The molecule has 0 radical (unpaired) electrons. The molecule has 0 spiro atoms. The number of hydrogen-bond donors (Lipinski definition) is 0. The first-order valence-corrected chi connectivity index (χ1v) is 5.19. The first kappa shape index (κ1) is 12.5. The molecule has 0 aliphatic heterocycles. The van der Waals surface area contributed by atoms with Crippen molar-refractivity contribution in [1.29, 1.82) is 0 Å². The molecule has 4 heteroatoms. The zero-order chi connectivity index (χ0) is 12.0. The Balaban J connectivity index is 2.70. The maximum absolute atomic E-state index is 11.5. The van der Waals surface area contributed by atoms with Crippen LogP contribution >= 0.6 is 0 Å². The zero-order valence-corrected chi connectivity index (χ0v) is 9.51.